The number of para-hydroxylation sites is 1. The van der Waals surface area contributed by atoms with Crippen molar-refractivity contribution in [3.8, 4) is 0 Å². The van der Waals surface area contributed by atoms with Gasteiger partial charge < -0.3 is 20.2 Å². The summed E-state index contributed by atoms with van der Waals surface area (Å²) in [6, 6.07) is 11.3. The summed E-state index contributed by atoms with van der Waals surface area (Å²) in [6.45, 7) is 13.8. The lowest BCUT2D eigenvalue weighted by molar-refractivity contribution is -0.116. The van der Waals surface area contributed by atoms with E-state index in [1.54, 1.807) is 12.3 Å². The number of aromatic amines is 2. The Bertz CT molecular complexity index is 1800. The van der Waals surface area contributed by atoms with Crippen LogP contribution >= 0.6 is 0 Å². The van der Waals surface area contributed by atoms with Crippen LogP contribution in [-0.4, -0.2) is 31.7 Å². The van der Waals surface area contributed by atoms with Crippen LogP contribution in [0.1, 0.15) is 55.6 Å². The molecule has 4 N–H and O–H groups in total. The Hall–Kier alpha value is -4.58. The molecule has 0 saturated carbocycles. The lowest BCUT2D eigenvalue weighted by Gasteiger charge is -2.24. The molecule has 39 heavy (non-hydrogen) atoms. The highest BCUT2D eigenvalue weighted by atomic mass is 16.3. The molecule has 2 aromatic heterocycles. The summed E-state index contributed by atoms with van der Waals surface area (Å²) in [6.07, 6.45) is 6.15. The summed E-state index contributed by atoms with van der Waals surface area (Å²) in [4.78, 5) is 34.1. The molecule has 0 unspecified atom stereocenters. The number of aryl methyl sites for hydroxylation is 1. The molecule has 6 heteroatoms. The van der Waals surface area contributed by atoms with Crippen molar-refractivity contribution in [2.75, 3.05) is 0 Å². The first-order chi connectivity index (χ1) is 18.5. The van der Waals surface area contributed by atoms with Gasteiger partial charge in [0.15, 0.2) is 11.5 Å². The van der Waals surface area contributed by atoms with E-state index >= 15 is 0 Å². The number of fused-ring (bicyclic) bond motifs is 2. The maximum Gasteiger partial charge on any atom is 0.232 e. The second kappa shape index (κ2) is 9.31. The Balaban J connectivity index is 1.71. The van der Waals surface area contributed by atoms with Gasteiger partial charge in [0.1, 0.15) is 0 Å². The van der Waals surface area contributed by atoms with Gasteiger partial charge in [0, 0.05) is 50.2 Å². The smallest absolute Gasteiger partial charge is 0.232 e. The Morgan fingerprint density at radius 3 is 2.36 bits per heavy atom. The fourth-order valence-electron chi connectivity index (χ4n) is 5.30. The van der Waals surface area contributed by atoms with Gasteiger partial charge >= 0.3 is 0 Å². The number of H-pyrrole nitrogens is 2. The molecule has 198 valence electrons. The second-order valence-electron chi connectivity index (χ2n) is 11.0. The van der Waals surface area contributed by atoms with Gasteiger partial charge in [-0.25, -0.2) is 0 Å². The highest BCUT2D eigenvalue weighted by Gasteiger charge is 2.40. The summed E-state index contributed by atoms with van der Waals surface area (Å²) in [5.74, 6) is -2.98. The third-order valence-electron chi connectivity index (χ3n) is 7.48. The van der Waals surface area contributed by atoms with E-state index in [1.165, 1.54) is 5.57 Å². The predicted molar refractivity (Wildman–Crippen MR) is 157 cm³/mol. The van der Waals surface area contributed by atoms with Gasteiger partial charge in [0.2, 0.25) is 11.6 Å². The number of ketones is 2. The minimum absolute atomic E-state index is 0.212. The number of carbonyl (C=O) groups is 2. The van der Waals surface area contributed by atoms with Crippen molar-refractivity contribution in [1.82, 2.24) is 9.97 Å². The van der Waals surface area contributed by atoms with E-state index in [0.29, 0.717) is 34.0 Å². The molecule has 0 spiro atoms. The van der Waals surface area contributed by atoms with Crippen LogP contribution in [0.15, 0.2) is 78.4 Å². The van der Waals surface area contributed by atoms with Crippen molar-refractivity contribution in [2.24, 2.45) is 0 Å². The number of allylic oxidation sites excluding steroid dienone is 5. The molecular formula is C33H32N2O4. The molecule has 2 aromatic carbocycles. The zero-order valence-electron chi connectivity index (χ0n) is 22.8. The molecule has 0 fully saturated rings. The number of aliphatic hydroxyl groups excluding tert-OH is 2. The van der Waals surface area contributed by atoms with Crippen LogP contribution in [0.2, 0.25) is 0 Å². The molecule has 0 radical (unpaired) electrons. The fourth-order valence-corrected chi connectivity index (χ4v) is 5.30. The Kier molecular flexibility index (Phi) is 6.22. The molecule has 4 aromatic rings. The average Bonchev–Trinajstić information content (AvgIpc) is 3.49. The van der Waals surface area contributed by atoms with Crippen molar-refractivity contribution >= 4 is 44.5 Å². The molecule has 6 nitrogen and oxygen atoms in total. The number of rotatable bonds is 6. The van der Waals surface area contributed by atoms with Crippen LogP contribution in [0.25, 0.3) is 33.0 Å². The summed E-state index contributed by atoms with van der Waals surface area (Å²) in [7, 11) is 0. The van der Waals surface area contributed by atoms with Crippen LogP contribution in [0.5, 0.6) is 0 Å². The number of nitrogens with one attached hydrogen (secondary N) is 2. The van der Waals surface area contributed by atoms with Gasteiger partial charge in [0.25, 0.3) is 0 Å². The Labute approximate surface area is 227 Å². The maximum atomic E-state index is 13.8. The summed E-state index contributed by atoms with van der Waals surface area (Å²) >= 11 is 0. The van der Waals surface area contributed by atoms with E-state index in [0.717, 1.165) is 22.2 Å². The van der Waals surface area contributed by atoms with Crippen LogP contribution in [-0.2, 0) is 21.4 Å². The van der Waals surface area contributed by atoms with Gasteiger partial charge in [-0.05, 0) is 44.9 Å². The molecule has 1 aliphatic rings. The van der Waals surface area contributed by atoms with Crippen LogP contribution in [0.4, 0.5) is 0 Å². The fraction of sp³-hybridized carbons (Fsp3) is 0.212. The minimum atomic E-state index is -0.806. The van der Waals surface area contributed by atoms with Gasteiger partial charge in [-0.1, -0.05) is 61.4 Å². The van der Waals surface area contributed by atoms with Gasteiger partial charge in [-0.2, -0.15) is 0 Å². The number of hydrogen-bond donors (Lipinski definition) is 4. The van der Waals surface area contributed by atoms with Gasteiger partial charge in [-0.15, -0.1) is 6.58 Å². The van der Waals surface area contributed by atoms with E-state index in [-0.39, 0.29) is 11.1 Å². The molecule has 0 aliphatic heterocycles. The summed E-state index contributed by atoms with van der Waals surface area (Å²) in [5.41, 5.74) is 5.06. The van der Waals surface area contributed by atoms with Gasteiger partial charge in [-0.3, -0.25) is 9.59 Å². The monoisotopic (exact) mass is 520 g/mol. The predicted octanol–water partition coefficient (Wildman–Crippen LogP) is 7.32. The van der Waals surface area contributed by atoms with E-state index in [4.69, 9.17) is 0 Å². The quantitative estimate of drug-likeness (QED) is 0.158. The van der Waals surface area contributed by atoms with Crippen LogP contribution in [0, 0.1) is 6.92 Å². The van der Waals surface area contributed by atoms with Crippen molar-refractivity contribution in [3.05, 3.63) is 106 Å². The third-order valence-corrected chi connectivity index (χ3v) is 7.48. The van der Waals surface area contributed by atoms with Crippen LogP contribution in [0.3, 0.4) is 0 Å². The molecule has 1 aliphatic carbocycles. The first kappa shape index (κ1) is 26.0. The zero-order valence-corrected chi connectivity index (χ0v) is 22.8. The van der Waals surface area contributed by atoms with E-state index in [1.807, 2.05) is 65.0 Å². The molecule has 2 heterocycles. The largest absolute Gasteiger partial charge is 0.504 e. The molecule has 5 rings (SSSR count). The molecule has 0 bridgehead atoms. The SMILES string of the molecule is C=CC(C)(C)c1[nH]c2ccccc2c1C1=C(O)C(=O)C(c2c[nH]c3c(CC=C(C)C)cc(C)cc23)=C(O)C1=O. The lowest BCUT2D eigenvalue weighted by Crippen LogP contribution is -2.25. The second-order valence-corrected chi connectivity index (χ2v) is 11.0. The van der Waals surface area contributed by atoms with Crippen molar-refractivity contribution in [1.29, 1.82) is 0 Å². The first-order valence-corrected chi connectivity index (χ1v) is 12.9. The number of carbonyl (C=O) groups excluding carboxylic acids is 2. The van der Waals surface area contributed by atoms with E-state index in [9.17, 15) is 19.8 Å². The third kappa shape index (κ3) is 4.13. The lowest BCUT2D eigenvalue weighted by atomic mass is 9.80. The molecule has 0 amide bonds. The van der Waals surface area contributed by atoms with Gasteiger partial charge in [0.05, 0.1) is 11.1 Å². The van der Waals surface area contributed by atoms with E-state index < -0.39 is 28.5 Å². The average molecular weight is 521 g/mol. The molecular weight excluding hydrogens is 488 g/mol. The van der Waals surface area contributed by atoms with Crippen molar-refractivity contribution < 1.29 is 19.8 Å². The minimum Gasteiger partial charge on any atom is -0.504 e. The Morgan fingerprint density at radius 1 is 1.00 bits per heavy atom. The number of aromatic nitrogens is 2. The first-order valence-electron chi connectivity index (χ1n) is 12.9. The molecule has 0 atom stereocenters. The summed E-state index contributed by atoms with van der Waals surface area (Å²) in [5, 5.41) is 24.0. The topological polar surface area (TPSA) is 106 Å². The molecule has 0 saturated heterocycles. The highest BCUT2D eigenvalue weighted by Crippen LogP contribution is 2.43. The zero-order chi connectivity index (χ0) is 28.2. The highest BCUT2D eigenvalue weighted by molar-refractivity contribution is 6.48. The van der Waals surface area contributed by atoms with Crippen LogP contribution < -0.4 is 0 Å². The number of Topliss-reactive ketones (excluding diaryl/α,β-unsaturated/α-hetero) is 2. The number of benzene rings is 2. The number of hydrogen-bond acceptors (Lipinski definition) is 4. The standard InChI is InChI=1S/C33H32N2O4/c1-7-33(5,6)32-24(20-10-8-9-11-23(20)35-32)26-30(38)28(36)25(29(37)31(26)39)22-16-34-27-19(13-12-17(2)3)14-18(4)15-21(22)27/h7-12,14-16,34-36,39H,1,13H2,2-6H3. The van der Waals surface area contributed by atoms with Crippen molar-refractivity contribution in [3.63, 3.8) is 0 Å². The summed E-state index contributed by atoms with van der Waals surface area (Å²) < 4.78 is 0. The van der Waals surface area contributed by atoms with Crippen molar-refractivity contribution in [2.45, 2.75) is 46.5 Å². The normalized spacial score (nSPS) is 14.6. The Morgan fingerprint density at radius 2 is 1.67 bits per heavy atom. The maximum absolute atomic E-state index is 13.8. The van der Waals surface area contributed by atoms with E-state index in [2.05, 4.69) is 28.7 Å². The number of aliphatic hydroxyl groups is 2.